The van der Waals surface area contributed by atoms with Crippen molar-refractivity contribution in [2.24, 2.45) is 5.92 Å². The average Bonchev–Trinajstić information content (AvgIpc) is 2.23. The maximum atomic E-state index is 11.5. The topological polar surface area (TPSA) is 40.5 Å². The van der Waals surface area contributed by atoms with Crippen molar-refractivity contribution >= 4 is 5.97 Å². The highest BCUT2D eigenvalue weighted by molar-refractivity contribution is 5.78. The summed E-state index contributed by atoms with van der Waals surface area (Å²) in [6, 6.07) is 0.299. The van der Waals surface area contributed by atoms with Crippen molar-refractivity contribution in [2.75, 3.05) is 7.05 Å². The minimum absolute atomic E-state index is 0.299. The Labute approximate surface area is 99.8 Å². The van der Waals surface area contributed by atoms with Crippen LogP contribution >= 0.6 is 0 Å². The molecule has 0 heterocycles. The van der Waals surface area contributed by atoms with Gasteiger partial charge >= 0.3 is 5.97 Å². The largest absolute Gasteiger partial charge is 0.480 e. The Morgan fingerprint density at radius 1 is 1.38 bits per heavy atom. The monoisotopic (exact) mass is 229 g/mol. The van der Waals surface area contributed by atoms with Crippen LogP contribution in [0.15, 0.2) is 0 Å². The molecule has 0 aliphatic carbocycles. The fraction of sp³-hybridized carbons (Fsp3) is 0.923. The van der Waals surface area contributed by atoms with Gasteiger partial charge in [0.25, 0.3) is 0 Å². The van der Waals surface area contributed by atoms with Crippen LogP contribution < -0.4 is 0 Å². The molecule has 0 saturated heterocycles. The maximum Gasteiger partial charge on any atom is 0.323 e. The van der Waals surface area contributed by atoms with E-state index in [4.69, 9.17) is 0 Å². The van der Waals surface area contributed by atoms with E-state index < -0.39 is 11.5 Å². The number of rotatable bonds is 7. The Balaban J connectivity index is 4.74. The lowest BCUT2D eigenvalue weighted by Crippen LogP contribution is -2.54. The second kappa shape index (κ2) is 6.24. The van der Waals surface area contributed by atoms with Gasteiger partial charge in [-0.15, -0.1) is 0 Å². The van der Waals surface area contributed by atoms with Gasteiger partial charge in [-0.25, -0.2) is 0 Å². The third-order valence-electron chi connectivity index (χ3n) is 3.70. The van der Waals surface area contributed by atoms with Gasteiger partial charge in [-0.05, 0) is 46.1 Å². The molecule has 0 spiro atoms. The Morgan fingerprint density at radius 2 is 1.88 bits per heavy atom. The van der Waals surface area contributed by atoms with Gasteiger partial charge in [-0.1, -0.05) is 20.8 Å². The van der Waals surface area contributed by atoms with Gasteiger partial charge in [0.1, 0.15) is 5.54 Å². The number of aliphatic carboxylic acids is 1. The minimum Gasteiger partial charge on any atom is -0.480 e. The summed E-state index contributed by atoms with van der Waals surface area (Å²) in [7, 11) is 1.92. The molecule has 0 aromatic rings. The number of hydrogen-bond acceptors (Lipinski definition) is 2. The molecule has 0 radical (unpaired) electrons. The number of nitrogens with zero attached hydrogens (tertiary/aromatic N) is 1. The van der Waals surface area contributed by atoms with E-state index in [9.17, 15) is 9.90 Å². The SMILES string of the molecule is CCC(C)N(C)C(C)(CCC(C)C)C(=O)O. The number of carboxylic acid groups (broad SMARTS) is 1. The molecular formula is C13H27NO2. The molecule has 0 fully saturated rings. The Kier molecular flexibility index (Phi) is 6.01. The highest BCUT2D eigenvalue weighted by Crippen LogP contribution is 2.25. The lowest BCUT2D eigenvalue weighted by molar-refractivity contribution is -0.151. The van der Waals surface area contributed by atoms with Gasteiger partial charge in [-0.2, -0.15) is 0 Å². The van der Waals surface area contributed by atoms with Crippen LogP contribution in [-0.2, 0) is 4.79 Å². The van der Waals surface area contributed by atoms with Gasteiger partial charge in [-0.3, -0.25) is 9.69 Å². The number of likely N-dealkylation sites (N-methyl/N-ethyl adjacent to an activating group) is 1. The first-order chi connectivity index (χ1) is 7.25. The second-order valence-electron chi connectivity index (χ2n) is 5.38. The Morgan fingerprint density at radius 3 is 2.19 bits per heavy atom. The molecule has 3 heteroatoms. The van der Waals surface area contributed by atoms with Crippen molar-refractivity contribution in [1.29, 1.82) is 0 Å². The van der Waals surface area contributed by atoms with Gasteiger partial charge in [0.15, 0.2) is 0 Å². The zero-order chi connectivity index (χ0) is 12.9. The average molecular weight is 229 g/mol. The summed E-state index contributed by atoms with van der Waals surface area (Å²) in [5.74, 6) is -0.167. The van der Waals surface area contributed by atoms with Crippen LogP contribution in [0.1, 0.15) is 53.9 Å². The molecular weight excluding hydrogens is 202 g/mol. The molecule has 0 amide bonds. The summed E-state index contributed by atoms with van der Waals surface area (Å²) in [6.45, 7) is 10.3. The Bertz CT molecular complexity index is 228. The number of carbonyl (C=O) groups is 1. The number of carboxylic acids is 1. The fourth-order valence-corrected chi connectivity index (χ4v) is 1.76. The predicted octanol–water partition coefficient (Wildman–Crippen LogP) is 3.00. The quantitative estimate of drug-likeness (QED) is 0.729. The standard InChI is InChI=1S/C13H27NO2/c1-7-11(4)14(6)13(5,12(15)16)9-8-10(2)3/h10-11H,7-9H2,1-6H3,(H,15,16). The summed E-state index contributed by atoms with van der Waals surface area (Å²) in [5.41, 5.74) is -0.736. The fourth-order valence-electron chi connectivity index (χ4n) is 1.76. The first-order valence-electron chi connectivity index (χ1n) is 6.22. The molecule has 3 nitrogen and oxygen atoms in total. The normalized spacial score (nSPS) is 17.5. The highest BCUT2D eigenvalue weighted by Gasteiger charge is 2.38. The zero-order valence-corrected chi connectivity index (χ0v) is 11.6. The number of hydrogen-bond donors (Lipinski definition) is 1. The van der Waals surface area contributed by atoms with Crippen LogP contribution in [0.4, 0.5) is 0 Å². The lowest BCUT2D eigenvalue weighted by atomic mass is 9.89. The third-order valence-corrected chi connectivity index (χ3v) is 3.70. The van der Waals surface area contributed by atoms with E-state index in [1.165, 1.54) is 0 Å². The van der Waals surface area contributed by atoms with Crippen molar-refractivity contribution in [1.82, 2.24) is 4.90 Å². The molecule has 0 rings (SSSR count). The molecule has 0 aromatic heterocycles. The van der Waals surface area contributed by atoms with Crippen LogP contribution in [0.25, 0.3) is 0 Å². The molecule has 2 atom stereocenters. The van der Waals surface area contributed by atoms with Crippen molar-refractivity contribution in [2.45, 2.75) is 65.5 Å². The van der Waals surface area contributed by atoms with Gasteiger partial charge in [0.05, 0.1) is 0 Å². The van der Waals surface area contributed by atoms with Crippen LogP contribution in [0, 0.1) is 5.92 Å². The van der Waals surface area contributed by atoms with Crippen molar-refractivity contribution in [3.8, 4) is 0 Å². The predicted molar refractivity (Wildman–Crippen MR) is 67.6 cm³/mol. The lowest BCUT2D eigenvalue weighted by Gasteiger charge is -2.39. The summed E-state index contributed by atoms with van der Waals surface area (Å²) >= 11 is 0. The van der Waals surface area contributed by atoms with E-state index in [0.717, 1.165) is 12.8 Å². The van der Waals surface area contributed by atoms with Gasteiger partial charge in [0, 0.05) is 6.04 Å². The second-order valence-corrected chi connectivity index (χ2v) is 5.38. The first kappa shape index (κ1) is 15.4. The van der Waals surface area contributed by atoms with Crippen LogP contribution in [0.5, 0.6) is 0 Å². The van der Waals surface area contributed by atoms with Crippen LogP contribution in [0.3, 0.4) is 0 Å². The van der Waals surface area contributed by atoms with Gasteiger partial charge < -0.3 is 5.11 Å². The molecule has 96 valence electrons. The van der Waals surface area contributed by atoms with Crippen molar-refractivity contribution in [3.63, 3.8) is 0 Å². The molecule has 0 aliphatic rings. The maximum absolute atomic E-state index is 11.5. The van der Waals surface area contributed by atoms with E-state index in [1.54, 1.807) is 0 Å². The molecule has 0 saturated carbocycles. The molecule has 0 bridgehead atoms. The summed E-state index contributed by atoms with van der Waals surface area (Å²) in [4.78, 5) is 13.5. The van der Waals surface area contributed by atoms with Crippen molar-refractivity contribution in [3.05, 3.63) is 0 Å². The summed E-state index contributed by atoms with van der Waals surface area (Å²) < 4.78 is 0. The third kappa shape index (κ3) is 3.78. The summed E-state index contributed by atoms with van der Waals surface area (Å²) in [6.07, 6.45) is 2.63. The van der Waals surface area contributed by atoms with Crippen LogP contribution in [-0.4, -0.2) is 34.6 Å². The Hall–Kier alpha value is -0.570. The van der Waals surface area contributed by atoms with E-state index in [2.05, 4.69) is 27.7 Å². The van der Waals surface area contributed by atoms with E-state index in [-0.39, 0.29) is 0 Å². The summed E-state index contributed by atoms with van der Waals surface area (Å²) in [5, 5.41) is 9.42. The van der Waals surface area contributed by atoms with Crippen LogP contribution in [0.2, 0.25) is 0 Å². The van der Waals surface area contributed by atoms with E-state index in [1.807, 2.05) is 18.9 Å². The zero-order valence-electron chi connectivity index (χ0n) is 11.6. The van der Waals surface area contributed by atoms with E-state index in [0.29, 0.717) is 18.4 Å². The molecule has 2 unspecified atom stereocenters. The molecule has 1 N–H and O–H groups in total. The highest BCUT2D eigenvalue weighted by atomic mass is 16.4. The smallest absolute Gasteiger partial charge is 0.323 e. The van der Waals surface area contributed by atoms with E-state index >= 15 is 0 Å². The molecule has 0 aromatic carbocycles. The van der Waals surface area contributed by atoms with Crippen molar-refractivity contribution < 1.29 is 9.90 Å². The first-order valence-corrected chi connectivity index (χ1v) is 6.22. The van der Waals surface area contributed by atoms with Gasteiger partial charge in [0.2, 0.25) is 0 Å². The minimum atomic E-state index is -0.736. The molecule has 0 aliphatic heterocycles. The molecule has 16 heavy (non-hydrogen) atoms.